The highest BCUT2D eigenvalue weighted by molar-refractivity contribution is 5.92. The molecule has 0 aliphatic rings. The lowest BCUT2D eigenvalue weighted by molar-refractivity contribution is -0.175. The van der Waals surface area contributed by atoms with Crippen LogP contribution in [0.3, 0.4) is 0 Å². The molecule has 0 aliphatic heterocycles. The van der Waals surface area contributed by atoms with Crippen LogP contribution in [-0.2, 0) is 14.4 Å². The first kappa shape index (κ1) is 9.41. The first-order valence-electron chi connectivity index (χ1n) is 2.73. The van der Waals surface area contributed by atoms with Gasteiger partial charge in [0.2, 0.25) is 0 Å². The van der Waals surface area contributed by atoms with Crippen LogP contribution in [-0.4, -0.2) is 23.0 Å². The fourth-order valence-corrected chi connectivity index (χ4v) is 0.440. The molecule has 0 heterocycles. The van der Waals surface area contributed by atoms with Crippen LogP contribution < -0.4 is 5.73 Å². The summed E-state index contributed by atoms with van der Waals surface area (Å²) in [7, 11) is 0. The second-order valence-corrected chi connectivity index (χ2v) is 1.74. The number of primary amides is 1. The highest BCUT2D eigenvalue weighted by Crippen LogP contribution is 1.91. The Morgan fingerprint density at radius 2 is 1.55 bits per heavy atom. The Balaban J connectivity index is 4.23. The van der Waals surface area contributed by atoms with E-state index in [0.29, 0.717) is 0 Å². The fraction of sp³-hybridized carbons (Fsp3) is 0.400. The van der Waals surface area contributed by atoms with E-state index in [0.717, 1.165) is 13.8 Å². The van der Waals surface area contributed by atoms with Crippen LogP contribution in [0.2, 0.25) is 0 Å². The number of carbonyl (C=O) groups is 3. The zero-order valence-electron chi connectivity index (χ0n) is 6.16. The lowest BCUT2D eigenvalue weighted by atomic mass is 10.6. The minimum atomic E-state index is -1.20. The molecule has 3 amide bonds. The summed E-state index contributed by atoms with van der Waals surface area (Å²) >= 11 is 0. The number of nitrogens with two attached hydrogens (primary N) is 1. The van der Waals surface area contributed by atoms with Crippen LogP contribution in [0.5, 0.6) is 0 Å². The number of nitrogens with zero attached hydrogens (tertiary/aromatic N) is 1. The third-order valence-electron chi connectivity index (χ3n) is 0.753. The molecule has 0 saturated heterocycles. The average molecular weight is 160 g/mol. The van der Waals surface area contributed by atoms with E-state index in [4.69, 9.17) is 0 Å². The van der Waals surface area contributed by atoms with E-state index in [1.165, 1.54) is 0 Å². The predicted octanol–water partition coefficient (Wildman–Crippen LogP) is -0.608. The summed E-state index contributed by atoms with van der Waals surface area (Å²) in [4.78, 5) is 35.1. The minimum absolute atomic E-state index is 0.280. The molecule has 0 aromatic carbocycles. The molecule has 0 atom stereocenters. The van der Waals surface area contributed by atoms with Gasteiger partial charge in [-0.25, -0.2) is 4.79 Å². The van der Waals surface area contributed by atoms with Gasteiger partial charge in [-0.15, -0.1) is 5.06 Å². The van der Waals surface area contributed by atoms with Crippen molar-refractivity contribution in [2.45, 2.75) is 13.8 Å². The third kappa shape index (κ3) is 3.19. The summed E-state index contributed by atoms with van der Waals surface area (Å²) in [5.41, 5.74) is 4.56. The van der Waals surface area contributed by atoms with Crippen molar-refractivity contribution in [3.63, 3.8) is 0 Å². The van der Waals surface area contributed by atoms with Gasteiger partial charge in [-0.1, -0.05) is 0 Å². The van der Waals surface area contributed by atoms with Gasteiger partial charge in [-0.3, -0.25) is 9.59 Å². The van der Waals surface area contributed by atoms with Crippen molar-refractivity contribution < 1.29 is 19.2 Å². The molecule has 0 aliphatic carbocycles. The second kappa shape index (κ2) is 3.55. The number of imide groups is 1. The lowest BCUT2D eigenvalue weighted by Gasteiger charge is -2.12. The molecule has 62 valence electrons. The highest BCUT2D eigenvalue weighted by atomic mass is 16.7. The molecule has 0 spiro atoms. The molecule has 0 rings (SSSR count). The Hall–Kier alpha value is -1.59. The van der Waals surface area contributed by atoms with Crippen molar-refractivity contribution in [2.75, 3.05) is 0 Å². The topological polar surface area (TPSA) is 89.7 Å². The number of hydrogen-bond acceptors (Lipinski definition) is 4. The quantitative estimate of drug-likeness (QED) is 0.478. The largest absolute Gasteiger partial charge is 0.429 e. The highest BCUT2D eigenvalue weighted by Gasteiger charge is 2.17. The molecular weight excluding hydrogens is 152 g/mol. The molecule has 0 saturated carbocycles. The number of hydrogen-bond donors (Lipinski definition) is 1. The maximum atomic E-state index is 10.5. The van der Waals surface area contributed by atoms with E-state index in [1.54, 1.807) is 0 Å². The van der Waals surface area contributed by atoms with Gasteiger partial charge >= 0.3 is 6.09 Å². The first-order valence-corrected chi connectivity index (χ1v) is 2.73. The number of rotatable bonds is 0. The predicted molar refractivity (Wildman–Crippen MR) is 33.9 cm³/mol. The third-order valence-corrected chi connectivity index (χ3v) is 0.753. The van der Waals surface area contributed by atoms with Gasteiger partial charge < -0.3 is 10.6 Å². The number of hydroxylamine groups is 2. The molecule has 2 N–H and O–H groups in total. The van der Waals surface area contributed by atoms with Gasteiger partial charge in [-0.2, -0.15) is 0 Å². The first-order chi connectivity index (χ1) is 4.95. The van der Waals surface area contributed by atoms with E-state index < -0.39 is 17.9 Å². The maximum absolute atomic E-state index is 10.5. The van der Waals surface area contributed by atoms with Crippen LogP contribution in [0, 0.1) is 0 Å². The number of amides is 3. The Bertz CT molecular complexity index is 187. The van der Waals surface area contributed by atoms with Crippen LogP contribution in [0.25, 0.3) is 0 Å². The van der Waals surface area contributed by atoms with Crippen LogP contribution in [0.4, 0.5) is 4.79 Å². The summed E-state index contributed by atoms with van der Waals surface area (Å²) in [6.07, 6.45) is -1.20. The van der Waals surface area contributed by atoms with E-state index in [2.05, 4.69) is 10.6 Å². The van der Waals surface area contributed by atoms with E-state index >= 15 is 0 Å². The molecule has 0 fully saturated rings. The molecule has 0 radical (unpaired) electrons. The fourth-order valence-electron chi connectivity index (χ4n) is 0.440. The Labute approximate surface area is 62.9 Å². The summed E-state index contributed by atoms with van der Waals surface area (Å²) in [6.45, 7) is 2.15. The monoisotopic (exact) mass is 160 g/mol. The molecule has 6 nitrogen and oxygen atoms in total. The van der Waals surface area contributed by atoms with E-state index in [1.807, 2.05) is 0 Å². The van der Waals surface area contributed by atoms with Crippen molar-refractivity contribution in [2.24, 2.45) is 5.73 Å². The van der Waals surface area contributed by atoms with Crippen molar-refractivity contribution >= 4 is 17.9 Å². The van der Waals surface area contributed by atoms with E-state index in [9.17, 15) is 14.4 Å². The van der Waals surface area contributed by atoms with Crippen LogP contribution in [0.15, 0.2) is 0 Å². The summed E-state index contributed by atoms with van der Waals surface area (Å²) in [5, 5.41) is 0.280. The van der Waals surface area contributed by atoms with Crippen LogP contribution in [0.1, 0.15) is 13.8 Å². The summed E-state index contributed by atoms with van der Waals surface area (Å²) in [6, 6.07) is 0. The molecule has 11 heavy (non-hydrogen) atoms. The molecular formula is C5H8N2O4. The normalized spacial score (nSPS) is 8.55. The molecule has 0 aromatic heterocycles. The Kier molecular flexibility index (Phi) is 3.03. The second-order valence-electron chi connectivity index (χ2n) is 1.74. The standard InChI is InChI=1S/C5H8N2O4/c1-3(8)7(4(2)9)11-5(6)10/h1-2H3,(H2,6,10). The minimum Gasteiger partial charge on any atom is -0.333 e. The van der Waals surface area contributed by atoms with Gasteiger partial charge in [0, 0.05) is 13.8 Å². The zero-order valence-corrected chi connectivity index (χ0v) is 6.16. The van der Waals surface area contributed by atoms with E-state index in [-0.39, 0.29) is 5.06 Å². The van der Waals surface area contributed by atoms with Crippen molar-refractivity contribution in [3.05, 3.63) is 0 Å². The zero-order chi connectivity index (χ0) is 9.02. The smallest absolute Gasteiger partial charge is 0.333 e. The molecule has 0 aromatic rings. The Morgan fingerprint density at radius 3 is 1.64 bits per heavy atom. The van der Waals surface area contributed by atoms with Gasteiger partial charge in [0.1, 0.15) is 0 Å². The van der Waals surface area contributed by atoms with Gasteiger partial charge in [0.25, 0.3) is 11.8 Å². The van der Waals surface area contributed by atoms with Gasteiger partial charge in [-0.05, 0) is 0 Å². The molecule has 0 bridgehead atoms. The van der Waals surface area contributed by atoms with Crippen LogP contribution >= 0.6 is 0 Å². The SMILES string of the molecule is CC(=O)N(OC(N)=O)C(C)=O. The average Bonchev–Trinajstić information content (AvgIpc) is 1.81. The summed E-state index contributed by atoms with van der Waals surface area (Å²) < 4.78 is 0. The maximum Gasteiger partial charge on any atom is 0.429 e. The Morgan fingerprint density at radius 1 is 1.18 bits per heavy atom. The summed E-state index contributed by atoms with van der Waals surface area (Å²) in [5.74, 6) is -1.40. The van der Waals surface area contributed by atoms with Crippen molar-refractivity contribution in [1.29, 1.82) is 0 Å². The van der Waals surface area contributed by atoms with Gasteiger partial charge in [0.15, 0.2) is 0 Å². The molecule has 6 heteroatoms. The van der Waals surface area contributed by atoms with Gasteiger partial charge in [0.05, 0.1) is 0 Å². The molecule has 0 unspecified atom stereocenters. The van der Waals surface area contributed by atoms with Crippen molar-refractivity contribution in [1.82, 2.24) is 5.06 Å². The lowest BCUT2D eigenvalue weighted by Crippen LogP contribution is -2.37. The van der Waals surface area contributed by atoms with Crippen molar-refractivity contribution in [3.8, 4) is 0 Å². The number of carbonyl (C=O) groups excluding carboxylic acids is 3.